The van der Waals surface area contributed by atoms with Gasteiger partial charge >= 0.3 is 0 Å². The second-order valence-corrected chi connectivity index (χ2v) is 8.44. The van der Waals surface area contributed by atoms with Crippen LogP contribution in [0.5, 0.6) is 0 Å². The molecule has 5 nitrogen and oxygen atoms in total. The number of hydrogen-bond donors (Lipinski definition) is 3. The van der Waals surface area contributed by atoms with E-state index >= 15 is 0 Å². The summed E-state index contributed by atoms with van der Waals surface area (Å²) in [4.78, 5) is 9.29. The van der Waals surface area contributed by atoms with Crippen molar-refractivity contribution < 1.29 is 0 Å². The summed E-state index contributed by atoms with van der Waals surface area (Å²) in [5.74, 6) is 2.45. The van der Waals surface area contributed by atoms with Crippen molar-refractivity contribution in [1.29, 1.82) is 0 Å². The van der Waals surface area contributed by atoms with Gasteiger partial charge in [-0.3, -0.25) is 0 Å². The van der Waals surface area contributed by atoms with Gasteiger partial charge in [0.1, 0.15) is 11.6 Å². The van der Waals surface area contributed by atoms with Crippen LogP contribution < -0.4 is 16.0 Å². The average Bonchev–Trinajstić information content (AvgIpc) is 2.75. The van der Waals surface area contributed by atoms with Gasteiger partial charge in [0.25, 0.3) is 0 Å². The van der Waals surface area contributed by atoms with Gasteiger partial charge in [0, 0.05) is 24.3 Å². The fourth-order valence-electron chi connectivity index (χ4n) is 4.20. The molecule has 1 saturated carbocycles. The summed E-state index contributed by atoms with van der Waals surface area (Å²) in [6.45, 7) is 3.17. The zero-order chi connectivity index (χ0) is 19.2. The fourth-order valence-corrected chi connectivity index (χ4v) is 4.40. The Bertz CT molecular complexity index is 769. The van der Waals surface area contributed by atoms with Gasteiger partial charge in [-0.1, -0.05) is 36.9 Å². The van der Waals surface area contributed by atoms with Crippen LogP contribution in [0.25, 0.3) is 11.3 Å². The van der Waals surface area contributed by atoms with Crippen molar-refractivity contribution in [1.82, 2.24) is 15.3 Å². The lowest BCUT2D eigenvalue weighted by molar-refractivity contribution is 0.392. The molecule has 6 heteroatoms. The van der Waals surface area contributed by atoms with Crippen molar-refractivity contribution in [2.75, 3.05) is 30.3 Å². The Morgan fingerprint density at radius 1 is 1.07 bits per heavy atom. The van der Waals surface area contributed by atoms with Gasteiger partial charge < -0.3 is 16.0 Å². The maximum atomic E-state index is 6.47. The maximum absolute atomic E-state index is 6.47. The highest BCUT2D eigenvalue weighted by Crippen LogP contribution is 2.30. The van der Waals surface area contributed by atoms with Gasteiger partial charge in [-0.15, -0.1) is 0 Å². The van der Waals surface area contributed by atoms with E-state index in [0.717, 1.165) is 42.5 Å². The van der Waals surface area contributed by atoms with E-state index in [9.17, 15) is 0 Å². The van der Waals surface area contributed by atoms with Crippen molar-refractivity contribution >= 4 is 23.2 Å². The topological polar surface area (TPSA) is 61.9 Å². The second-order valence-electron chi connectivity index (χ2n) is 8.03. The van der Waals surface area contributed by atoms with E-state index in [1.165, 1.54) is 44.9 Å². The minimum atomic E-state index is 0.514. The second kappa shape index (κ2) is 9.57. The molecule has 2 aromatic rings. The normalized spacial score (nSPS) is 20.7. The Balaban J connectivity index is 1.45. The van der Waals surface area contributed by atoms with Gasteiger partial charge in [-0.2, -0.15) is 0 Å². The predicted molar refractivity (Wildman–Crippen MR) is 117 cm³/mol. The molecular weight excluding hydrogens is 370 g/mol. The van der Waals surface area contributed by atoms with Crippen LogP contribution in [0.4, 0.5) is 11.6 Å². The first kappa shape index (κ1) is 19.5. The van der Waals surface area contributed by atoms with Crippen molar-refractivity contribution in [2.24, 2.45) is 5.92 Å². The van der Waals surface area contributed by atoms with Crippen molar-refractivity contribution in [3.63, 3.8) is 0 Å². The number of pyridine rings is 2. The summed E-state index contributed by atoms with van der Waals surface area (Å²) in [5.41, 5.74) is 1.81. The van der Waals surface area contributed by atoms with Crippen LogP contribution in [-0.2, 0) is 0 Å². The Morgan fingerprint density at radius 3 is 2.79 bits per heavy atom. The third-order valence-corrected chi connectivity index (χ3v) is 6.11. The molecule has 150 valence electrons. The van der Waals surface area contributed by atoms with Gasteiger partial charge in [-0.25, -0.2) is 9.97 Å². The van der Waals surface area contributed by atoms with Crippen LogP contribution >= 0.6 is 11.6 Å². The molecule has 28 heavy (non-hydrogen) atoms. The van der Waals surface area contributed by atoms with Crippen molar-refractivity contribution in [2.45, 2.75) is 51.0 Å². The number of rotatable bonds is 6. The quantitative estimate of drug-likeness (QED) is 0.641. The minimum Gasteiger partial charge on any atom is -0.370 e. The monoisotopic (exact) mass is 399 g/mol. The molecule has 2 fully saturated rings. The highest BCUT2D eigenvalue weighted by atomic mass is 35.5. The molecule has 0 aromatic carbocycles. The Labute approximate surface area is 172 Å². The highest BCUT2D eigenvalue weighted by molar-refractivity contribution is 6.33. The lowest BCUT2D eigenvalue weighted by Gasteiger charge is -2.23. The number of nitrogens with zero attached hydrogens (tertiary/aromatic N) is 2. The molecule has 1 aliphatic heterocycles. The van der Waals surface area contributed by atoms with Crippen LogP contribution in [0.15, 0.2) is 30.5 Å². The van der Waals surface area contributed by atoms with Crippen LogP contribution in [0.3, 0.4) is 0 Å². The zero-order valence-electron chi connectivity index (χ0n) is 16.4. The molecule has 2 aromatic heterocycles. The van der Waals surface area contributed by atoms with Crippen LogP contribution in [-0.4, -0.2) is 35.6 Å². The van der Waals surface area contributed by atoms with Gasteiger partial charge in [0.15, 0.2) is 0 Å². The van der Waals surface area contributed by atoms with E-state index < -0.39 is 0 Å². The number of halogens is 1. The lowest BCUT2D eigenvalue weighted by atomic mass is 9.95. The molecule has 3 N–H and O–H groups in total. The van der Waals surface area contributed by atoms with E-state index in [1.54, 1.807) is 6.20 Å². The molecule has 0 unspecified atom stereocenters. The Morgan fingerprint density at radius 2 is 1.96 bits per heavy atom. The Hall–Kier alpha value is -1.85. The molecule has 0 amide bonds. The smallest absolute Gasteiger partial charge is 0.126 e. The first-order valence-electron chi connectivity index (χ1n) is 10.6. The summed E-state index contributed by atoms with van der Waals surface area (Å²) in [6, 6.07) is 8.62. The number of nitrogens with one attached hydrogen (secondary N) is 3. The predicted octanol–water partition coefficient (Wildman–Crippen LogP) is 4.95. The van der Waals surface area contributed by atoms with E-state index in [2.05, 4.69) is 20.9 Å². The maximum Gasteiger partial charge on any atom is 0.126 e. The zero-order valence-corrected chi connectivity index (χ0v) is 17.1. The van der Waals surface area contributed by atoms with E-state index in [1.807, 2.05) is 24.3 Å². The molecular formula is C22H30ClN5. The third-order valence-electron chi connectivity index (χ3n) is 5.81. The van der Waals surface area contributed by atoms with Gasteiger partial charge in [-0.05, 0) is 62.9 Å². The summed E-state index contributed by atoms with van der Waals surface area (Å²) in [6.07, 6.45) is 10.6. The number of piperidine rings is 1. The summed E-state index contributed by atoms with van der Waals surface area (Å²) in [5, 5.41) is 11.2. The largest absolute Gasteiger partial charge is 0.370 e. The van der Waals surface area contributed by atoms with Gasteiger partial charge in [0.2, 0.25) is 0 Å². The third kappa shape index (κ3) is 5.15. The Kier molecular flexibility index (Phi) is 6.65. The molecule has 1 aliphatic carbocycles. The van der Waals surface area contributed by atoms with Crippen LogP contribution in [0.2, 0.25) is 5.02 Å². The van der Waals surface area contributed by atoms with E-state index in [0.29, 0.717) is 17.0 Å². The molecule has 0 radical (unpaired) electrons. The minimum absolute atomic E-state index is 0.514. The summed E-state index contributed by atoms with van der Waals surface area (Å²) in [7, 11) is 0. The van der Waals surface area contributed by atoms with Crippen LogP contribution in [0, 0.1) is 5.92 Å². The van der Waals surface area contributed by atoms with Crippen LogP contribution in [0.1, 0.15) is 44.9 Å². The highest BCUT2D eigenvalue weighted by Gasteiger charge is 2.16. The van der Waals surface area contributed by atoms with E-state index in [4.69, 9.17) is 16.6 Å². The number of hydrogen-bond acceptors (Lipinski definition) is 5. The molecule has 0 bridgehead atoms. The van der Waals surface area contributed by atoms with Gasteiger partial charge in [0.05, 0.1) is 10.7 Å². The fraction of sp³-hybridized carbons (Fsp3) is 0.545. The van der Waals surface area contributed by atoms with E-state index in [-0.39, 0.29) is 0 Å². The first-order chi connectivity index (χ1) is 13.8. The molecule has 0 spiro atoms. The first-order valence-corrected chi connectivity index (χ1v) is 11.0. The summed E-state index contributed by atoms with van der Waals surface area (Å²) < 4.78 is 0. The molecule has 2 aliphatic rings. The number of anilines is 2. The lowest BCUT2D eigenvalue weighted by Crippen LogP contribution is -2.33. The van der Waals surface area contributed by atoms with Crippen molar-refractivity contribution in [3.05, 3.63) is 35.5 Å². The molecule has 4 rings (SSSR count). The average molecular weight is 400 g/mol. The SMILES string of the molecule is Clc1cnc(NC2CCCCC2)cc1-c1cccc(NC[C@@H]2CCCNC2)n1. The molecule has 1 atom stereocenters. The number of aromatic nitrogens is 2. The molecule has 1 saturated heterocycles. The molecule has 3 heterocycles. The standard InChI is InChI=1S/C22H30ClN5/c23-19-15-26-22(27-17-7-2-1-3-8-17)12-18(19)20-9-4-10-21(28-20)25-14-16-6-5-11-24-13-16/h4,9-10,12,15-17,24H,1-3,5-8,11,13-14H2,(H,25,28)(H,26,27)/t16-/m1/s1. The van der Waals surface area contributed by atoms with Crippen molar-refractivity contribution in [3.8, 4) is 11.3 Å². The summed E-state index contributed by atoms with van der Waals surface area (Å²) >= 11 is 6.47.